The summed E-state index contributed by atoms with van der Waals surface area (Å²) < 4.78 is 43.5. The van der Waals surface area contributed by atoms with Crippen LogP contribution in [0.4, 0.5) is 19.1 Å². The van der Waals surface area contributed by atoms with Crippen molar-refractivity contribution >= 4 is 23.3 Å². The highest BCUT2D eigenvalue weighted by Gasteiger charge is 2.42. The zero-order chi connectivity index (χ0) is 23.9. The number of alkyl halides is 3. The Morgan fingerprint density at radius 3 is 2.71 bits per heavy atom. The van der Waals surface area contributed by atoms with Gasteiger partial charge in [0.15, 0.2) is 0 Å². The summed E-state index contributed by atoms with van der Waals surface area (Å²) in [4.78, 5) is 22.4. The van der Waals surface area contributed by atoms with Gasteiger partial charge >= 0.3 is 12.1 Å². The van der Waals surface area contributed by atoms with Crippen molar-refractivity contribution in [1.82, 2.24) is 25.5 Å². The Hall–Kier alpha value is -3.12. The second-order valence-electron chi connectivity index (χ2n) is 8.34. The number of carbonyl (C=O) groups is 1. The molecule has 1 saturated heterocycles. The minimum absolute atomic E-state index is 0.177. The molecule has 5 rings (SSSR count). The number of halogens is 3. The number of aryl methyl sites for hydroxylation is 1. The van der Waals surface area contributed by atoms with Crippen LogP contribution in [0.25, 0.3) is 22.5 Å². The second kappa shape index (κ2) is 8.91. The van der Waals surface area contributed by atoms with Gasteiger partial charge in [-0.15, -0.1) is 21.5 Å². The van der Waals surface area contributed by atoms with Crippen LogP contribution >= 0.6 is 11.3 Å². The number of hydrogen-bond acceptors (Lipinski definition) is 9. The number of carbonyl (C=O) groups excluding carboxylic acids is 1. The summed E-state index contributed by atoms with van der Waals surface area (Å²) in [6.45, 7) is 4.16. The van der Waals surface area contributed by atoms with Crippen LogP contribution in [0.2, 0.25) is 0 Å². The van der Waals surface area contributed by atoms with E-state index in [0.717, 1.165) is 24.6 Å². The molecule has 1 aliphatic heterocycles. The molecule has 1 aromatic carbocycles. The molecule has 1 N–H and O–H groups in total. The average molecular weight is 491 g/mol. The van der Waals surface area contributed by atoms with Crippen molar-refractivity contribution in [2.45, 2.75) is 32.0 Å². The summed E-state index contributed by atoms with van der Waals surface area (Å²) in [5.41, 5.74) is 1.46. The van der Waals surface area contributed by atoms with Gasteiger partial charge in [-0.3, -0.25) is 0 Å². The molecule has 0 bridgehead atoms. The lowest BCUT2D eigenvalue weighted by molar-refractivity contribution is -0.189. The van der Waals surface area contributed by atoms with E-state index in [1.54, 1.807) is 11.4 Å². The molecular formula is C22H21F3N6O2S. The highest BCUT2D eigenvalue weighted by Crippen LogP contribution is 2.36. The highest BCUT2D eigenvalue weighted by atomic mass is 32.1. The smallest absolute Gasteiger partial charge is 0.419 e. The molecule has 1 saturated carbocycles. The van der Waals surface area contributed by atoms with Crippen molar-refractivity contribution in [1.29, 1.82) is 0 Å². The summed E-state index contributed by atoms with van der Waals surface area (Å²) in [6, 6.07) is 4.95. The zero-order valence-electron chi connectivity index (χ0n) is 18.2. The fraction of sp³-hybridized carbons (Fsp3) is 0.409. The minimum atomic E-state index is -5.14. The van der Waals surface area contributed by atoms with Crippen LogP contribution in [-0.4, -0.2) is 58.0 Å². The summed E-state index contributed by atoms with van der Waals surface area (Å²) in [7, 11) is 0. The Labute approximate surface area is 197 Å². The van der Waals surface area contributed by atoms with Gasteiger partial charge in [-0.1, -0.05) is 6.07 Å². The SMILES string of the molecule is Cc1nc(-c2ccc(-c3cnc(N4CCN[C@@H](C5CC5)C4)nn3)c(OC(=O)C(F)(F)F)c2)cs1. The standard InChI is InChI=1S/C22H21F3N6O2S/c1-12-28-18(11-34-12)14-4-5-15(19(8-14)33-20(32)22(23,24)25)16-9-27-21(30-29-16)31-7-6-26-17(10-31)13-2-3-13/h4-5,8-9,11,13,17,26H,2-3,6-7,10H2,1H3/t17-/m1/s1. The number of benzene rings is 1. The molecule has 8 nitrogen and oxygen atoms in total. The van der Waals surface area contributed by atoms with Crippen molar-refractivity contribution in [2.24, 2.45) is 5.92 Å². The van der Waals surface area contributed by atoms with Crippen molar-refractivity contribution in [3.05, 3.63) is 34.8 Å². The van der Waals surface area contributed by atoms with Gasteiger partial charge in [-0.25, -0.2) is 14.8 Å². The van der Waals surface area contributed by atoms with Gasteiger partial charge in [0.05, 0.1) is 16.9 Å². The number of anilines is 1. The first kappa shape index (κ1) is 22.7. The van der Waals surface area contributed by atoms with Crippen LogP contribution in [0, 0.1) is 12.8 Å². The molecule has 3 aromatic rings. The first-order valence-corrected chi connectivity index (χ1v) is 11.7. The van der Waals surface area contributed by atoms with Crippen LogP contribution < -0.4 is 15.0 Å². The van der Waals surface area contributed by atoms with E-state index in [0.29, 0.717) is 29.2 Å². The Bertz CT molecular complexity index is 1200. The number of nitrogens with zero attached hydrogens (tertiary/aromatic N) is 5. The van der Waals surface area contributed by atoms with Crippen molar-refractivity contribution in [3.8, 4) is 28.3 Å². The van der Waals surface area contributed by atoms with E-state index < -0.39 is 12.1 Å². The van der Waals surface area contributed by atoms with E-state index in [2.05, 4.69) is 30.4 Å². The Morgan fingerprint density at radius 2 is 2.06 bits per heavy atom. The molecule has 1 atom stereocenters. The third-order valence-corrected chi connectivity index (χ3v) is 6.61. The fourth-order valence-corrected chi connectivity index (χ4v) is 4.57. The number of thiazole rings is 1. The van der Waals surface area contributed by atoms with Crippen LogP contribution in [0.15, 0.2) is 29.8 Å². The van der Waals surface area contributed by atoms with Crippen LogP contribution in [-0.2, 0) is 4.79 Å². The predicted molar refractivity (Wildman–Crippen MR) is 120 cm³/mol. The topological polar surface area (TPSA) is 93.1 Å². The Morgan fingerprint density at radius 1 is 1.24 bits per heavy atom. The third-order valence-electron chi connectivity index (χ3n) is 5.84. The van der Waals surface area contributed by atoms with Crippen LogP contribution in [0.1, 0.15) is 17.8 Å². The van der Waals surface area contributed by atoms with Gasteiger partial charge in [0, 0.05) is 42.2 Å². The summed E-state index contributed by atoms with van der Waals surface area (Å²) >= 11 is 1.40. The molecular weight excluding hydrogens is 469 g/mol. The van der Waals surface area contributed by atoms with Gasteiger partial charge < -0.3 is 15.0 Å². The lowest BCUT2D eigenvalue weighted by atomic mass is 10.1. The number of hydrogen-bond donors (Lipinski definition) is 1. The maximum Gasteiger partial charge on any atom is 0.491 e. The van der Waals surface area contributed by atoms with Gasteiger partial charge in [0.1, 0.15) is 11.4 Å². The second-order valence-corrected chi connectivity index (χ2v) is 9.40. The molecule has 2 aliphatic rings. The van der Waals surface area contributed by atoms with Crippen molar-refractivity contribution < 1.29 is 22.7 Å². The first-order chi connectivity index (χ1) is 16.3. The van der Waals surface area contributed by atoms with Crippen molar-refractivity contribution in [2.75, 3.05) is 24.5 Å². The predicted octanol–water partition coefficient (Wildman–Crippen LogP) is 3.63. The number of nitrogens with one attached hydrogen (secondary N) is 1. The quantitative estimate of drug-likeness (QED) is 0.428. The lowest BCUT2D eigenvalue weighted by Gasteiger charge is -2.33. The monoisotopic (exact) mass is 490 g/mol. The largest absolute Gasteiger partial charge is 0.491 e. The summed E-state index contributed by atoms with van der Waals surface area (Å²) in [5, 5.41) is 14.5. The Balaban J connectivity index is 1.43. The van der Waals surface area contributed by atoms with E-state index in [-0.39, 0.29) is 17.0 Å². The van der Waals surface area contributed by atoms with Gasteiger partial charge in [0.25, 0.3) is 0 Å². The molecule has 0 unspecified atom stereocenters. The van der Waals surface area contributed by atoms with E-state index in [1.807, 2.05) is 6.92 Å². The molecule has 0 radical (unpaired) electrons. The molecule has 2 aromatic heterocycles. The first-order valence-electron chi connectivity index (χ1n) is 10.8. The third kappa shape index (κ3) is 4.87. The number of piperazine rings is 1. The van der Waals surface area contributed by atoms with Crippen LogP contribution in [0.5, 0.6) is 5.75 Å². The average Bonchev–Trinajstić information content (AvgIpc) is 3.59. The molecule has 34 heavy (non-hydrogen) atoms. The molecule has 0 spiro atoms. The summed E-state index contributed by atoms with van der Waals surface area (Å²) in [5.74, 6) is -1.46. The number of esters is 1. The zero-order valence-corrected chi connectivity index (χ0v) is 19.0. The van der Waals surface area contributed by atoms with E-state index in [4.69, 9.17) is 4.74 Å². The maximum absolute atomic E-state index is 12.9. The summed E-state index contributed by atoms with van der Waals surface area (Å²) in [6.07, 6.45) is -1.26. The molecule has 0 amide bonds. The fourth-order valence-electron chi connectivity index (χ4n) is 3.94. The molecule has 2 fully saturated rings. The molecule has 178 valence electrons. The van der Waals surface area contributed by atoms with E-state index in [1.165, 1.54) is 42.5 Å². The molecule has 1 aliphatic carbocycles. The number of ether oxygens (including phenoxy) is 1. The van der Waals surface area contributed by atoms with Gasteiger partial charge in [-0.2, -0.15) is 13.2 Å². The van der Waals surface area contributed by atoms with E-state index >= 15 is 0 Å². The van der Waals surface area contributed by atoms with E-state index in [9.17, 15) is 18.0 Å². The van der Waals surface area contributed by atoms with Gasteiger partial charge in [-0.05, 0) is 37.8 Å². The Kier molecular flexibility index (Phi) is 5.94. The van der Waals surface area contributed by atoms with Gasteiger partial charge in [0.2, 0.25) is 5.95 Å². The number of aromatic nitrogens is 4. The maximum atomic E-state index is 12.9. The number of rotatable bonds is 5. The normalized spacial score (nSPS) is 18.7. The highest BCUT2D eigenvalue weighted by molar-refractivity contribution is 7.09. The van der Waals surface area contributed by atoms with Crippen molar-refractivity contribution in [3.63, 3.8) is 0 Å². The molecule has 3 heterocycles. The van der Waals surface area contributed by atoms with Crippen LogP contribution in [0.3, 0.4) is 0 Å². The molecule has 12 heteroatoms. The minimum Gasteiger partial charge on any atom is -0.419 e. The lowest BCUT2D eigenvalue weighted by Crippen LogP contribution is -2.52.